The maximum atomic E-state index is 12.6. The molecule has 2 rings (SSSR count). The topological polar surface area (TPSA) is 73.1 Å². The lowest BCUT2D eigenvalue weighted by Crippen LogP contribution is -2.05. The number of nitrogens with one attached hydrogen (secondary N) is 1. The SMILES string of the molecule is COc1ccc(N)cc1CNc1ncc(F)cn1. The third-order valence-corrected chi connectivity index (χ3v) is 2.36. The maximum Gasteiger partial charge on any atom is 0.223 e. The molecular formula is C12H13FN4O. The average molecular weight is 248 g/mol. The molecule has 1 heterocycles. The zero-order valence-electron chi connectivity index (χ0n) is 9.85. The number of benzene rings is 1. The third kappa shape index (κ3) is 2.85. The first-order chi connectivity index (χ1) is 8.69. The summed E-state index contributed by atoms with van der Waals surface area (Å²) in [5.41, 5.74) is 7.23. The third-order valence-electron chi connectivity index (χ3n) is 2.36. The van der Waals surface area contributed by atoms with E-state index in [9.17, 15) is 4.39 Å². The van der Waals surface area contributed by atoms with Crippen LogP contribution in [0.1, 0.15) is 5.56 Å². The summed E-state index contributed by atoms with van der Waals surface area (Å²) in [5.74, 6) is 0.599. The molecule has 5 nitrogen and oxygen atoms in total. The normalized spacial score (nSPS) is 10.1. The Kier molecular flexibility index (Phi) is 3.57. The van der Waals surface area contributed by atoms with Crippen LogP contribution in [0, 0.1) is 5.82 Å². The Morgan fingerprint density at radius 3 is 2.72 bits per heavy atom. The van der Waals surface area contributed by atoms with Crippen molar-refractivity contribution in [1.29, 1.82) is 0 Å². The van der Waals surface area contributed by atoms with Crippen molar-refractivity contribution >= 4 is 11.6 Å². The summed E-state index contributed by atoms with van der Waals surface area (Å²) >= 11 is 0. The van der Waals surface area contributed by atoms with Gasteiger partial charge in [0.1, 0.15) is 5.75 Å². The Hall–Kier alpha value is -2.37. The zero-order chi connectivity index (χ0) is 13.0. The van der Waals surface area contributed by atoms with Gasteiger partial charge in [0.25, 0.3) is 0 Å². The predicted molar refractivity (Wildman–Crippen MR) is 66.7 cm³/mol. The van der Waals surface area contributed by atoms with Gasteiger partial charge in [-0.1, -0.05) is 0 Å². The van der Waals surface area contributed by atoms with Crippen molar-refractivity contribution in [3.05, 3.63) is 42.0 Å². The van der Waals surface area contributed by atoms with Crippen LogP contribution in [0.15, 0.2) is 30.6 Å². The fourth-order valence-electron chi connectivity index (χ4n) is 1.51. The highest BCUT2D eigenvalue weighted by Gasteiger charge is 2.04. The Morgan fingerprint density at radius 2 is 2.06 bits per heavy atom. The summed E-state index contributed by atoms with van der Waals surface area (Å²) in [6.07, 6.45) is 2.21. The first-order valence-electron chi connectivity index (χ1n) is 5.33. The van der Waals surface area contributed by atoms with Gasteiger partial charge in [0, 0.05) is 17.8 Å². The minimum Gasteiger partial charge on any atom is -0.496 e. The molecule has 6 heteroatoms. The van der Waals surface area contributed by atoms with Crippen LogP contribution in [-0.2, 0) is 6.54 Å². The molecule has 0 aliphatic heterocycles. The minimum absolute atomic E-state index is 0.348. The van der Waals surface area contributed by atoms with Crippen molar-refractivity contribution in [3.8, 4) is 5.75 Å². The second kappa shape index (κ2) is 5.31. The van der Waals surface area contributed by atoms with E-state index in [-0.39, 0.29) is 0 Å². The van der Waals surface area contributed by atoms with E-state index in [0.29, 0.717) is 18.2 Å². The van der Waals surface area contributed by atoms with Gasteiger partial charge in [0.2, 0.25) is 5.95 Å². The molecule has 1 aromatic heterocycles. The van der Waals surface area contributed by atoms with E-state index >= 15 is 0 Å². The van der Waals surface area contributed by atoms with Gasteiger partial charge in [-0.15, -0.1) is 0 Å². The van der Waals surface area contributed by atoms with Gasteiger partial charge in [0.05, 0.1) is 19.5 Å². The van der Waals surface area contributed by atoms with E-state index < -0.39 is 5.82 Å². The molecule has 0 amide bonds. The van der Waals surface area contributed by atoms with Crippen molar-refractivity contribution < 1.29 is 9.13 Å². The molecule has 18 heavy (non-hydrogen) atoms. The number of halogens is 1. The van der Waals surface area contributed by atoms with Crippen molar-refractivity contribution in [3.63, 3.8) is 0 Å². The van der Waals surface area contributed by atoms with Crippen molar-refractivity contribution in [2.24, 2.45) is 0 Å². The van der Waals surface area contributed by atoms with Crippen LogP contribution < -0.4 is 15.8 Å². The van der Waals surface area contributed by atoms with Gasteiger partial charge in [-0.2, -0.15) is 0 Å². The molecular weight excluding hydrogens is 235 g/mol. The van der Waals surface area contributed by atoms with E-state index in [4.69, 9.17) is 10.5 Å². The number of hydrogen-bond acceptors (Lipinski definition) is 5. The summed E-state index contributed by atoms with van der Waals surface area (Å²) in [6.45, 7) is 0.444. The molecule has 2 aromatic rings. The van der Waals surface area contributed by atoms with Crippen LogP contribution in [0.4, 0.5) is 16.0 Å². The molecule has 0 spiro atoms. The van der Waals surface area contributed by atoms with Crippen molar-refractivity contribution in [1.82, 2.24) is 9.97 Å². The summed E-state index contributed by atoms with van der Waals surface area (Å²) in [5, 5.41) is 2.97. The largest absolute Gasteiger partial charge is 0.496 e. The Balaban J connectivity index is 2.09. The number of aromatic nitrogens is 2. The van der Waals surface area contributed by atoms with Gasteiger partial charge < -0.3 is 15.8 Å². The molecule has 0 radical (unpaired) electrons. The Bertz CT molecular complexity index is 530. The molecule has 0 saturated carbocycles. The number of anilines is 2. The second-order valence-corrected chi connectivity index (χ2v) is 3.65. The van der Waals surface area contributed by atoms with Crippen molar-refractivity contribution in [2.45, 2.75) is 6.54 Å². The lowest BCUT2D eigenvalue weighted by Gasteiger charge is -2.10. The van der Waals surface area contributed by atoms with Gasteiger partial charge in [-0.25, -0.2) is 14.4 Å². The molecule has 94 valence electrons. The standard InChI is InChI=1S/C12H13FN4O/c1-18-11-3-2-10(14)4-8(11)5-15-12-16-6-9(13)7-17-12/h2-4,6-7H,5,14H2,1H3,(H,15,16,17). The number of nitrogen functional groups attached to an aromatic ring is 1. The van der Waals surface area contributed by atoms with E-state index in [1.807, 2.05) is 0 Å². The molecule has 0 aliphatic carbocycles. The molecule has 0 atom stereocenters. The lowest BCUT2D eigenvalue weighted by molar-refractivity contribution is 0.410. The molecule has 0 unspecified atom stereocenters. The number of nitrogens with two attached hydrogens (primary N) is 1. The van der Waals surface area contributed by atoms with Gasteiger partial charge in [-0.05, 0) is 18.2 Å². The summed E-state index contributed by atoms with van der Waals surface area (Å²) < 4.78 is 17.8. The van der Waals surface area contributed by atoms with Crippen LogP contribution in [-0.4, -0.2) is 17.1 Å². The molecule has 0 aliphatic rings. The molecule has 0 fully saturated rings. The smallest absolute Gasteiger partial charge is 0.223 e. The van der Waals surface area contributed by atoms with E-state index in [1.165, 1.54) is 0 Å². The molecule has 0 bridgehead atoms. The quantitative estimate of drug-likeness (QED) is 0.807. The molecule has 3 N–H and O–H groups in total. The van der Waals surface area contributed by atoms with Gasteiger partial charge in [-0.3, -0.25) is 0 Å². The summed E-state index contributed by atoms with van der Waals surface area (Å²) in [4.78, 5) is 7.60. The summed E-state index contributed by atoms with van der Waals surface area (Å²) in [6, 6.07) is 5.35. The number of ether oxygens (including phenoxy) is 1. The summed E-state index contributed by atoms with van der Waals surface area (Å²) in [7, 11) is 1.59. The number of nitrogens with zero attached hydrogens (tertiary/aromatic N) is 2. The lowest BCUT2D eigenvalue weighted by atomic mass is 10.2. The predicted octanol–water partition coefficient (Wildman–Crippen LogP) is 1.82. The first-order valence-corrected chi connectivity index (χ1v) is 5.33. The highest BCUT2D eigenvalue weighted by molar-refractivity contribution is 5.48. The zero-order valence-corrected chi connectivity index (χ0v) is 9.85. The number of hydrogen-bond donors (Lipinski definition) is 2. The molecule has 0 saturated heterocycles. The van der Waals surface area contributed by atoms with E-state index in [1.54, 1.807) is 25.3 Å². The molecule has 1 aromatic carbocycles. The van der Waals surface area contributed by atoms with Gasteiger partial charge >= 0.3 is 0 Å². The van der Waals surface area contributed by atoms with E-state index in [0.717, 1.165) is 23.7 Å². The van der Waals surface area contributed by atoms with E-state index in [2.05, 4.69) is 15.3 Å². The van der Waals surface area contributed by atoms with Crippen LogP contribution in [0.25, 0.3) is 0 Å². The minimum atomic E-state index is -0.470. The highest BCUT2D eigenvalue weighted by Crippen LogP contribution is 2.21. The number of methoxy groups -OCH3 is 1. The Morgan fingerprint density at radius 1 is 1.33 bits per heavy atom. The number of rotatable bonds is 4. The second-order valence-electron chi connectivity index (χ2n) is 3.65. The average Bonchev–Trinajstić information content (AvgIpc) is 2.38. The maximum absolute atomic E-state index is 12.6. The monoisotopic (exact) mass is 248 g/mol. The first kappa shape index (κ1) is 12.1. The fourth-order valence-corrected chi connectivity index (χ4v) is 1.51. The fraction of sp³-hybridized carbons (Fsp3) is 0.167. The van der Waals surface area contributed by atoms with Crippen molar-refractivity contribution in [2.75, 3.05) is 18.2 Å². The van der Waals surface area contributed by atoms with Crippen LogP contribution in [0.5, 0.6) is 5.75 Å². The van der Waals surface area contributed by atoms with Crippen LogP contribution in [0.2, 0.25) is 0 Å². The Labute approximate surface area is 104 Å². The van der Waals surface area contributed by atoms with Crippen LogP contribution >= 0.6 is 0 Å². The highest BCUT2D eigenvalue weighted by atomic mass is 19.1. The van der Waals surface area contributed by atoms with Crippen LogP contribution in [0.3, 0.4) is 0 Å². The van der Waals surface area contributed by atoms with Gasteiger partial charge in [0.15, 0.2) is 5.82 Å².